The Bertz CT molecular complexity index is 538. The summed E-state index contributed by atoms with van der Waals surface area (Å²) in [5, 5.41) is 0.895. The number of nitrogens with zero attached hydrogens (tertiary/aromatic N) is 3. The number of aromatic nitrogens is 3. The van der Waals surface area contributed by atoms with Crippen molar-refractivity contribution in [3.05, 3.63) is 24.3 Å². The summed E-state index contributed by atoms with van der Waals surface area (Å²) >= 11 is 0. The zero-order valence-corrected chi connectivity index (χ0v) is 9.59. The van der Waals surface area contributed by atoms with Gasteiger partial charge in [-0.2, -0.15) is 0 Å². The van der Waals surface area contributed by atoms with E-state index in [4.69, 9.17) is 9.47 Å². The molecule has 0 aliphatic carbocycles. The minimum absolute atomic E-state index is 0.139. The molecule has 0 amide bonds. The normalized spacial score (nSPS) is 19.7. The fraction of sp³-hybridized carbons (Fsp3) is 0.417. The first-order valence-corrected chi connectivity index (χ1v) is 5.65. The molecule has 1 saturated heterocycles. The van der Waals surface area contributed by atoms with Gasteiger partial charge >= 0.3 is 0 Å². The second-order valence-corrected chi connectivity index (χ2v) is 4.10. The SMILES string of the molecule is Cc1ncc2cc(O[C@H]3CCOC3)cnc2n1. The van der Waals surface area contributed by atoms with Crippen molar-refractivity contribution in [1.29, 1.82) is 0 Å². The standard InChI is InChI=1S/C12H13N3O2/c1-8-13-5-9-4-11(6-14-12(9)15-8)17-10-2-3-16-7-10/h4-6,10H,2-3,7H2,1H3/t10-/m0/s1. The van der Waals surface area contributed by atoms with E-state index in [1.54, 1.807) is 12.4 Å². The molecule has 3 rings (SSSR count). The van der Waals surface area contributed by atoms with Gasteiger partial charge in [0, 0.05) is 18.0 Å². The summed E-state index contributed by atoms with van der Waals surface area (Å²) < 4.78 is 11.0. The zero-order chi connectivity index (χ0) is 11.7. The highest BCUT2D eigenvalue weighted by Crippen LogP contribution is 2.19. The fourth-order valence-corrected chi connectivity index (χ4v) is 1.85. The molecule has 2 aromatic heterocycles. The van der Waals surface area contributed by atoms with E-state index < -0.39 is 0 Å². The van der Waals surface area contributed by atoms with Gasteiger partial charge in [-0.1, -0.05) is 0 Å². The average Bonchev–Trinajstić information content (AvgIpc) is 2.82. The third kappa shape index (κ3) is 2.19. The number of hydrogen-bond donors (Lipinski definition) is 0. The van der Waals surface area contributed by atoms with Crippen LogP contribution < -0.4 is 4.74 Å². The number of ether oxygens (including phenoxy) is 2. The van der Waals surface area contributed by atoms with Crippen LogP contribution >= 0.6 is 0 Å². The highest BCUT2D eigenvalue weighted by atomic mass is 16.5. The van der Waals surface area contributed by atoms with Crippen molar-refractivity contribution >= 4 is 11.0 Å². The molecule has 1 aliphatic heterocycles. The molecule has 0 N–H and O–H groups in total. The van der Waals surface area contributed by atoms with Crippen molar-refractivity contribution in [1.82, 2.24) is 15.0 Å². The highest BCUT2D eigenvalue weighted by molar-refractivity contribution is 5.74. The lowest BCUT2D eigenvalue weighted by Crippen LogP contribution is -2.15. The summed E-state index contributed by atoms with van der Waals surface area (Å²) in [6.07, 6.45) is 4.54. The van der Waals surface area contributed by atoms with E-state index >= 15 is 0 Å². The maximum Gasteiger partial charge on any atom is 0.163 e. The molecule has 1 fully saturated rings. The van der Waals surface area contributed by atoms with E-state index in [-0.39, 0.29) is 6.10 Å². The summed E-state index contributed by atoms with van der Waals surface area (Å²) in [6, 6.07) is 1.92. The van der Waals surface area contributed by atoms with Gasteiger partial charge in [0.2, 0.25) is 0 Å². The van der Waals surface area contributed by atoms with Gasteiger partial charge in [-0.05, 0) is 13.0 Å². The Hall–Kier alpha value is -1.75. The predicted octanol–water partition coefficient (Wildman–Crippen LogP) is 1.50. The van der Waals surface area contributed by atoms with Crippen LogP contribution in [0.3, 0.4) is 0 Å². The Balaban J connectivity index is 1.88. The Kier molecular flexibility index (Phi) is 2.60. The lowest BCUT2D eigenvalue weighted by molar-refractivity contribution is 0.141. The van der Waals surface area contributed by atoms with Crippen molar-refractivity contribution in [2.75, 3.05) is 13.2 Å². The molecular weight excluding hydrogens is 218 g/mol. The van der Waals surface area contributed by atoms with Crippen LogP contribution in [0.15, 0.2) is 18.5 Å². The van der Waals surface area contributed by atoms with Gasteiger partial charge < -0.3 is 9.47 Å². The van der Waals surface area contributed by atoms with Gasteiger partial charge in [0.05, 0.1) is 19.4 Å². The quantitative estimate of drug-likeness (QED) is 0.784. The third-order valence-electron chi connectivity index (χ3n) is 2.72. The highest BCUT2D eigenvalue weighted by Gasteiger charge is 2.17. The molecule has 2 aromatic rings. The molecule has 0 aromatic carbocycles. The van der Waals surface area contributed by atoms with Crippen molar-refractivity contribution in [3.63, 3.8) is 0 Å². The van der Waals surface area contributed by atoms with E-state index in [0.29, 0.717) is 12.3 Å². The van der Waals surface area contributed by atoms with E-state index in [1.165, 1.54) is 0 Å². The first-order valence-electron chi connectivity index (χ1n) is 5.65. The van der Waals surface area contributed by atoms with Crippen LogP contribution in [0.1, 0.15) is 12.2 Å². The summed E-state index contributed by atoms with van der Waals surface area (Å²) in [6.45, 7) is 3.28. The summed E-state index contributed by atoms with van der Waals surface area (Å²) in [4.78, 5) is 12.7. The molecule has 1 aliphatic rings. The minimum atomic E-state index is 0.139. The summed E-state index contributed by atoms with van der Waals surface area (Å²) in [5.74, 6) is 1.48. The van der Waals surface area contributed by atoms with Crippen LogP contribution in [0, 0.1) is 6.92 Å². The zero-order valence-electron chi connectivity index (χ0n) is 9.59. The molecule has 88 valence electrons. The Morgan fingerprint density at radius 3 is 3.12 bits per heavy atom. The second-order valence-electron chi connectivity index (χ2n) is 4.10. The predicted molar refractivity (Wildman–Crippen MR) is 61.9 cm³/mol. The van der Waals surface area contributed by atoms with Crippen molar-refractivity contribution in [2.24, 2.45) is 0 Å². The molecule has 0 saturated carbocycles. The van der Waals surface area contributed by atoms with Crippen LogP contribution in [0.4, 0.5) is 0 Å². The van der Waals surface area contributed by atoms with Gasteiger partial charge in [-0.3, -0.25) is 0 Å². The molecule has 5 nitrogen and oxygen atoms in total. The van der Waals surface area contributed by atoms with Crippen LogP contribution in [-0.4, -0.2) is 34.3 Å². The van der Waals surface area contributed by atoms with Crippen LogP contribution in [0.5, 0.6) is 5.75 Å². The Labute approximate surface area is 98.8 Å². The Morgan fingerprint density at radius 2 is 2.29 bits per heavy atom. The molecule has 5 heteroatoms. The van der Waals surface area contributed by atoms with E-state index in [2.05, 4.69) is 15.0 Å². The van der Waals surface area contributed by atoms with E-state index in [0.717, 1.165) is 30.0 Å². The second kappa shape index (κ2) is 4.25. The first kappa shape index (κ1) is 10.4. The van der Waals surface area contributed by atoms with E-state index in [1.807, 2.05) is 13.0 Å². The minimum Gasteiger partial charge on any atom is -0.486 e. The van der Waals surface area contributed by atoms with Crippen LogP contribution in [0.25, 0.3) is 11.0 Å². The van der Waals surface area contributed by atoms with Gasteiger partial charge in [0.1, 0.15) is 17.7 Å². The number of rotatable bonds is 2. The summed E-state index contributed by atoms with van der Waals surface area (Å²) in [5.41, 5.74) is 0.701. The lowest BCUT2D eigenvalue weighted by atomic mass is 10.3. The molecule has 0 radical (unpaired) electrons. The maximum atomic E-state index is 5.77. The van der Waals surface area contributed by atoms with Crippen molar-refractivity contribution in [3.8, 4) is 5.75 Å². The number of fused-ring (bicyclic) bond motifs is 1. The molecule has 17 heavy (non-hydrogen) atoms. The largest absolute Gasteiger partial charge is 0.486 e. The van der Waals surface area contributed by atoms with Gasteiger partial charge in [-0.25, -0.2) is 15.0 Å². The number of hydrogen-bond acceptors (Lipinski definition) is 5. The molecule has 0 bridgehead atoms. The lowest BCUT2D eigenvalue weighted by Gasteiger charge is -2.11. The molecular formula is C12H13N3O2. The number of aryl methyl sites for hydroxylation is 1. The fourth-order valence-electron chi connectivity index (χ4n) is 1.85. The third-order valence-corrected chi connectivity index (χ3v) is 2.72. The topological polar surface area (TPSA) is 57.1 Å². The first-order chi connectivity index (χ1) is 8.31. The van der Waals surface area contributed by atoms with Crippen LogP contribution in [-0.2, 0) is 4.74 Å². The molecule has 0 spiro atoms. The Morgan fingerprint density at radius 1 is 1.35 bits per heavy atom. The van der Waals surface area contributed by atoms with Crippen molar-refractivity contribution in [2.45, 2.75) is 19.4 Å². The number of pyridine rings is 1. The molecule has 1 atom stereocenters. The van der Waals surface area contributed by atoms with E-state index in [9.17, 15) is 0 Å². The summed E-state index contributed by atoms with van der Waals surface area (Å²) in [7, 11) is 0. The van der Waals surface area contributed by atoms with Crippen LogP contribution in [0.2, 0.25) is 0 Å². The monoisotopic (exact) mass is 231 g/mol. The maximum absolute atomic E-state index is 5.77. The smallest absolute Gasteiger partial charge is 0.163 e. The van der Waals surface area contributed by atoms with Gasteiger partial charge in [-0.15, -0.1) is 0 Å². The molecule has 0 unspecified atom stereocenters. The van der Waals surface area contributed by atoms with Gasteiger partial charge in [0.25, 0.3) is 0 Å². The van der Waals surface area contributed by atoms with Gasteiger partial charge in [0.15, 0.2) is 5.65 Å². The van der Waals surface area contributed by atoms with Crippen molar-refractivity contribution < 1.29 is 9.47 Å². The average molecular weight is 231 g/mol. The molecule has 3 heterocycles.